The Morgan fingerprint density at radius 1 is 1.11 bits per heavy atom. The fourth-order valence-corrected chi connectivity index (χ4v) is 3.81. The van der Waals surface area contributed by atoms with E-state index in [1.165, 1.54) is 4.90 Å². The third-order valence-electron chi connectivity index (χ3n) is 4.32. The van der Waals surface area contributed by atoms with Gasteiger partial charge in [-0.1, -0.05) is 32.6 Å². The lowest BCUT2D eigenvalue weighted by molar-refractivity contribution is -0.141. The summed E-state index contributed by atoms with van der Waals surface area (Å²) < 4.78 is 41.0. The number of hydrogen-bond acceptors (Lipinski definition) is 4. The summed E-state index contributed by atoms with van der Waals surface area (Å²) in [4.78, 5) is 28.6. The van der Waals surface area contributed by atoms with Crippen molar-refractivity contribution < 1.29 is 27.9 Å². The third-order valence-corrected chi connectivity index (χ3v) is 5.37. The number of carbonyl (C=O) groups is 2. The molecule has 0 aliphatic heterocycles. The SMILES string of the molecule is CCCCCCCN(Cc1nc2c(F)c(F)cc(F)c2s1)C(=O)CCC(=O)O. The number of unbranched alkanes of at least 4 members (excludes halogenated alkanes) is 4. The molecular formula is C19H23F3N2O3S. The molecule has 1 heterocycles. The molecule has 0 radical (unpaired) electrons. The Balaban J connectivity index is 2.14. The van der Waals surface area contributed by atoms with Crippen LogP contribution in [0, 0.1) is 17.5 Å². The Kier molecular flexibility index (Phi) is 8.22. The molecule has 9 heteroatoms. The van der Waals surface area contributed by atoms with Crippen LogP contribution in [0.1, 0.15) is 56.9 Å². The Morgan fingerprint density at radius 3 is 2.50 bits per heavy atom. The van der Waals surface area contributed by atoms with Gasteiger partial charge < -0.3 is 10.0 Å². The van der Waals surface area contributed by atoms with Crippen LogP contribution in [0.15, 0.2) is 6.07 Å². The highest BCUT2D eigenvalue weighted by Crippen LogP contribution is 2.29. The predicted octanol–water partition coefficient (Wildman–Crippen LogP) is 4.88. The Bertz CT molecular complexity index is 841. The van der Waals surface area contributed by atoms with Gasteiger partial charge in [0, 0.05) is 19.0 Å². The zero-order chi connectivity index (χ0) is 20.7. The summed E-state index contributed by atoms with van der Waals surface area (Å²) >= 11 is 0.861. The second-order valence-corrected chi connectivity index (χ2v) is 7.65. The molecule has 1 amide bonds. The number of fused-ring (bicyclic) bond motifs is 1. The molecule has 154 valence electrons. The van der Waals surface area contributed by atoms with Crippen molar-refractivity contribution in [1.82, 2.24) is 9.88 Å². The van der Waals surface area contributed by atoms with E-state index in [4.69, 9.17) is 5.11 Å². The molecule has 0 fully saturated rings. The molecule has 1 N–H and O–H groups in total. The van der Waals surface area contributed by atoms with Gasteiger partial charge in [0.05, 0.1) is 17.7 Å². The lowest BCUT2D eigenvalue weighted by atomic mass is 10.1. The molecule has 2 rings (SSSR count). The van der Waals surface area contributed by atoms with Crippen molar-refractivity contribution in [3.05, 3.63) is 28.5 Å². The largest absolute Gasteiger partial charge is 0.481 e. The van der Waals surface area contributed by atoms with E-state index in [0.29, 0.717) is 12.6 Å². The topological polar surface area (TPSA) is 70.5 Å². The number of thiazole rings is 1. The van der Waals surface area contributed by atoms with Gasteiger partial charge in [0.25, 0.3) is 0 Å². The molecule has 0 aliphatic rings. The fourth-order valence-electron chi connectivity index (χ4n) is 2.83. The van der Waals surface area contributed by atoms with Gasteiger partial charge in [0.1, 0.15) is 16.3 Å². The summed E-state index contributed by atoms with van der Waals surface area (Å²) in [5, 5.41) is 9.06. The molecular weight excluding hydrogens is 393 g/mol. The van der Waals surface area contributed by atoms with Gasteiger partial charge in [-0.15, -0.1) is 11.3 Å². The van der Waals surface area contributed by atoms with E-state index in [9.17, 15) is 22.8 Å². The highest BCUT2D eigenvalue weighted by molar-refractivity contribution is 7.18. The molecule has 0 unspecified atom stereocenters. The molecule has 28 heavy (non-hydrogen) atoms. The van der Waals surface area contributed by atoms with Gasteiger partial charge in [-0.3, -0.25) is 9.59 Å². The smallest absolute Gasteiger partial charge is 0.303 e. The van der Waals surface area contributed by atoms with Crippen molar-refractivity contribution in [3.63, 3.8) is 0 Å². The van der Waals surface area contributed by atoms with E-state index in [2.05, 4.69) is 11.9 Å². The van der Waals surface area contributed by atoms with Crippen molar-refractivity contribution in [2.75, 3.05) is 6.54 Å². The summed E-state index contributed by atoms with van der Waals surface area (Å²) in [6, 6.07) is 0.475. The van der Waals surface area contributed by atoms with Crippen molar-refractivity contribution in [1.29, 1.82) is 0 Å². The van der Waals surface area contributed by atoms with Crippen molar-refractivity contribution in [2.45, 2.75) is 58.4 Å². The maximum Gasteiger partial charge on any atom is 0.303 e. The molecule has 0 bridgehead atoms. The normalized spacial score (nSPS) is 11.1. The van der Waals surface area contributed by atoms with Crippen molar-refractivity contribution in [2.24, 2.45) is 0 Å². The van der Waals surface area contributed by atoms with Crippen LogP contribution in [-0.2, 0) is 16.1 Å². The summed E-state index contributed by atoms with van der Waals surface area (Å²) in [6.07, 6.45) is 4.41. The van der Waals surface area contributed by atoms with Gasteiger partial charge in [-0.25, -0.2) is 18.2 Å². The second kappa shape index (κ2) is 10.4. The molecule has 1 aromatic carbocycles. The summed E-state index contributed by atoms with van der Waals surface area (Å²) in [5.74, 6) is -4.87. The van der Waals surface area contributed by atoms with Crippen LogP contribution < -0.4 is 0 Å². The average Bonchev–Trinajstić information content (AvgIpc) is 3.07. The highest BCUT2D eigenvalue weighted by Gasteiger charge is 2.21. The quantitative estimate of drug-likeness (QED) is 0.419. The number of benzene rings is 1. The maximum atomic E-state index is 13.9. The molecule has 1 aromatic heterocycles. The molecule has 0 saturated carbocycles. The maximum absolute atomic E-state index is 13.9. The van der Waals surface area contributed by atoms with Crippen LogP contribution in [0.3, 0.4) is 0 Å². The van der Waals surface area contributed by atoms with Crippen LogP contribution in [0.25, 0.3) is 10.2 Å². The van der Waals surface area contributed by atoms with E-state index in [-0.39, 0.29) is 35.0 Å². The highest BCUT2D eigenvalue weighted by atomic mass is 32.1. The monoisotopic (exact) mass is 416 g/mol. The number of carbonyl (C=O) groups excluding carboxylic acids is 1. The average molecular weight is 416 g/mol. The fraction of sp³-hybridized carbons (Fsp3) is 0.526. The number of carboxylic acid groups (broad SMARTS) is 1. The lowest BCUT2D eigenvalue weighted by Crippen LogP contribution is -2.31. The summed E-state index contributed by atoms with van der Waals surface area (Å²) in [6.45, 7) is 2.50. The summed E-state index contributed by atoms with van der Waals surface area (Å²) in [7, 11) is 0. The summed E-state index contributed by atoms with van der Waals surface area (Å²) in [5.41, 5.74) is -0.390. The number of halogens is 3. The zero-order valence-electron chi connectivity index (χ0n) is 15.6. The number of aromatic nitrogens is 1. The molecule has 2 aromatic rings. The van der Waals surface area contributed by atoms with Crippen molar-refractivity contribution in [3.8, 4) is 0 Å². The van der Waals surface area contributed by atoms with Crippen LogP contribution in [0.5, 0.6) is 0 Å². The zero-order valence-corrected chi connectivity index (χ0v) is 16.5. The molecule has 5 nitrogen and oxygen atoms in total. The number of carboxylic acids is 1. The molecule has 0 spiro atoms. The molecule has 0 saturated heterocycles. The first-order valence-corrected chi connectivity index (χ1v) is 10.1. The minimum absolute atomic E-state index is 0.00603. The van der Waals surface area contributed by atoms with Gasteiger partial charge in [-0.05, 0) is 6.42 Å². The van der Waals surface area contributed by atoms with Gasteiger partial charge >= 0.3 is 5.97 Å². The van der Waals surface area contributed by atoms with E-state index in [1.54, 1.807) is 0 Å². The van der Waals surface area contributed by atoms with Gasteiger partial charge in [0.15, 0.2) is 11.6 Å². The molecule has 0 aliphatic carbocycles. The Morgan fingerprint density at radius 2 is 1.82 bits per heavy atom. The van der Waals surface area contributed by atoms with Crippen LogP contribution in [0.4, 0.5) is 13.2 Å². The number of nitrogens with zero attached hydrogens (tertiary/aromatic N) is 2. The third kappa shape index (κ3) is 5.92. The Hall–Kier alpha value is -2.16. The van der Waals surface area contributed by atoms with Crippen LogP contribution in [-0.4, -0.2) is 33.4 Å². The van der Waals surface area contributed by atoms with Gasteiger partial charge in [0.2, 0.25) is 5.91 Å². The first-order valence-electron chi connectivity index (χ1n) is 9.26. The van der Waals surface area contributed by atoms with E-state index >= 15 is 0 Å². The number of rotatable bonds is 11. The van der Waals surface area contributed by atoms with Crippen molar-refractivity contribution >= 4 is 33.4 Å². The minimum Gasteiger partial charge on any atom is -0.481 e. The lowest BCUT2D eigenvalue weighted by Gasteiger charge is -2.21. The second-order valence-electron chi connectivity index (χ2n) is 6.56. The first kappa shape index (κ1) is 22.1. The number of hydrogen-bond donors (Lipinski definition) is 1. The first-order chi connectivity index (χ1) is 13.3. The molecule has 0 atom stereocenters. The van der Waals surface area contributed by atoms with Crippen LogP contribution in [0.2, 0.25) is 0 Å². The number of aliphatic carboxylic acids is 1. The Labute approximate surface area is 165 Å². The predicted molar refractivity (Wildman–Crippen MR) is 101 cm³/mol. The van der Waals surface area contributed by atoms with E-state index < -0.39 is 28.9 Å². The van der Waals surface area contributed by atoms with E-state index in [1.807, 2.05) is 0 Å². The standard InChI is InChI=1S/C19H23F3N2O3S/c1-2-3-4-5-6-9-24(15(25)7-8-16(26)27)11-14-23-18-17(22)12(20)10-13(21)19(18)28-14/h10H,2-9,11H2,1H3,(H,26,27). The van der Waals surface area contributed by atoms with E-state index in [0.717, 1.165) is 43.4 Å². The minimum atomic E-state index is -1.31. The number of amides is 1. The van der Waals surface area contributed by atoms with Gasteiger partial charge in [-0.2, -0.15) is 0 Å². The van der Waals surface area contributed by atoms with Crippen LogP contribution >= 0.6 is 11.3 Å².